The topological polar surface area (TPSA) is 49.3 Å². The Kier molecular flexibility index (Phi) is 5.83. The molecular formula is C22H23ClN4OS. The second kappa shape index (κ2) is 8.51. The summed E-state index contributed by atoms with van der Waals surface area (Å²) in [5.41, 5.74) is 3.25. The third-order valence-corrected chi connectivity index (χ3v) is 6.27. The molecule has 29 heavy (non-hydrogen) atoms. The van der Waals surface area contributed by atoms with Gasteiger partial charge in [-0.25, -0.2) is 9.97 Å². The highest BCUT2D eigenvalue weighted by atomic mass is 35.5. The number of anilines is 1. The van der Waals surface area contributed by atoms with E-state index in [4.69, 9.17) is 16.6 Å². The van der Waals surface area contributed by atoms with Crippen LogP contribution in [0.15, 0.2) is 41.8 Å². The van der Waals surface area contributed by atoms with Crippen molar-refractivity contribution >= 4 is 34.7 Å². The minimum absolute atomic E-state index is 0.119. The Morgan fingerprint density at radius 2 is 1.90 bits per heavy atom. The van der Waals surface area contributed by atoms with E-state index in [1.54, 1.807) is 0 Å². The highest BCUT2D eigenvalue weighted by Crippen LogP contribution is 2.26. The fourth-order valence-corrected chi connectivity index (χ4v) is 4.62. The van der Waals surface area contributed by atoms with E-state index in [9.17, 15) is 4.79 Å². The molecule has 0 unspecified atom stereocenters. The van der Waals surface area contributed by atoms with Gasteiger partial charge in [-0.3, -0.25) is 4.79 Å². The fraction of sp³-hybridized carbons (Fsp3) is 0.318. The Labute approximate surface area is 180 Å². The number of hydrogen-bond donors (Lipinski definition) is 0. The number of hydrogen-bond acceptors (Lipinski definition) is 5. The van der Waals surface area contributed by atoms with Crippen LogP contribution in [0.1, 0.15) is 32.3 Å². The molecule has 0 aliphatic carbocycles. The predicted molar refractivity (Wildman–Crippen MR) is 118 cm³/mol. The summed E-state index contributed by atoms with van der Waals surface area (Å²) in [5.74, 6) is 1.86. The van der Waals surface area contributed by atoms with Gasteiger partial charge in [0.2, 0.25) is 0 Å². The van der Waals surface area contributed by atoms with Gasteiger partial charge in [-0.05, 0) is 43.0 Å². The van der Waals surface area contributed by atoms with Crippen molar-refractivity contribution in [3.8, 4) is 0 Å². The van der Waals surface area contributed by atoms with Gasteiger partial charge in [0.15, 0.2) is 0 Å². The maximum Gasteiger partial charge on any atom is 0.264 e. The molecule has 0 N–H and O–H groups in total. The van der Waals surface area contributed by atoms with E-state index in [2.05, 4.69) is 16.0 Å². The molecule has 7 heteroatoms. The highest BCUT2D eigenvalue weighted by Gasteiger charge is 2.25. The summed E-state index contributed by atoms with van der Waals surface area (Å²) in [6.45, 7) is 6.86. The summed E-state index contributed by atoms with van der Waals surface area (Å²) in [5, 5.41) is 2.67. The van der Waals surface area contributed by atoms with Crippen LogP contribution in [0, 0.1) is 13.8 Å². The third-order valence-electron chi connectivity index (χ3n) is 5.17. The average molecular weight is 427 g/mol. The monoisotopic (exact) mass is 426 g/mol. The maximum absolute atomic E-state index is 12.6. The first-order chi connectivity index (χ1) is 14.0. The van der Waals surface area contributed by atoms with Crippen molar-refractivity contribution in [1.82, 2.24) is 14.9 Å². The largest absolute Gasteiger partial charge is 0.353 e. The van der Waals surface area contributed by atoms with Gasteiger partial charge in [-0.1, -0.05) is 29.8 Å². The molecule has 1 fully saturated rings. The van der Waals surface area contributed by atoms with E-state index < -0.39 is 0 Å². The van der Waals surface area contributed by atoms with E-state index in [0.717, 1.165) is 57.9 Å². The molecule has 5 nitrogen and oxygen atoms in total. The Hall–Kier alpha value is -2.44. The maximum atomic E-state index is 12.6. The molecule has 3 aromatic rings. The molecule has 150 valence electrons. The first-order valence-corrected chi connectivity index (χ1v) is 10.9. The molecular weight excluding hydrogens is 404 g/mol. The molecule has 0 atom stereocenters. The number of carbonyl (C=O) groups excluding carboxylic acids is 1. The van der Waals surface area contributed by atoms with Gasteiger partial charge in [0.05, 0.1) is 4.88 Å². The van der Waals surface area contributed by atoms with Gasteiger partial charge >= 0.3 is 0 Å². The summed E-state index contributed by atoms with van der Waals surface area (Å²) in [4.78, 5) is 27.0. The molecule has 0 saturated carbocycles. The molecule has 1 amide bonds. The van der Waals surface area contributed by atoms with E-state index in [1.807, 2.05) is 54.5 Å². The molecule has 1 aromatic carbocycles. The lowest BCUT2D eigenvalue weighted by Crippen LogP contribution is -2.49. The van der Waals surface area contributed by atoms with Crippen molar-refractivity contribution < 1.29 is 4.79 Å². The summed E-state index contributed by atoms with van der Waals surface area (Å²) >= 11 is 7.67. The van der Waals surface area contributed by atoms with Crippen LogP contribution >= 0.6 is 22.9 Å². The molecule has 0 spiro atoms. The zero-order valence-electron chi connectivity index (χ0n) is 16.6. The minimum atomic E-state index is 0.119. The van der Waals surface area contributed by atoms with E-state index in [-0.39, 0.29) is 5.91 Å². The van der Waals surface area contributed by atoms with Gasteiger partial charge < -0.3 is 9.80 Å². The number of carbonyl (C=O) groups is 1. The van der Waals surface area contributed by atoms with Crippen molar-refractivity contribution in [3.05, 3.63) is 74.3 Å². The molecule has 1 aliphatic rings. The summed E-state index contributed by atoms with van der Waals surface area (Å²) in [7, 11) is 0. The van der Waals surface area contributed by atoms with Crippen molar-refractivity contribution in [2.75, 3.05) is 31.1 Å². The number of amides is 1. The number of piperazine rings is 1. The Bertz CT molecular complexity index is 1010. The van der Waals surface area contributed by atoms with E-state index in [0.29, 0.717) is 13.1 Å². The molecule has 1 aliphatic heterocycles. The number of thiophene rings is 1. The molecule has 1 saturated heterocycles. The molecule has 0 bridgehead atoms. The van der Waals surface area contributed by atoms with Crippen LogP contribution in [-0.4, -0.2) is 47.0 Å². The van der Waals surface area contributed by atoms with E-state index in [1.165, 1.54) is 11.3 Å². The van der Waals surface area contributed by atoms with Gasteiger partial charge in [0, 0.05) is 48.9 Å². The van der Waals surface area contributed by atoms with Crippen molar-refractivity contribution in [3.63, 3.8) is 0 Å². The zero-order chi connectivity index (χ0) is 20.4. The Morgan fingerprint density at radius 1 is 1.10 bits per heavy atom. The number of benzene rings is 1. The van der Waals surface area contributed by atoms with Crippen LogP contribution < -0.4 is 4.90 Å². The van der Waals surface area contributed by atoms with Crippen LogP contribution in [0.5, 0.6) is 0 Å². The van der Waals surface area contributed by atoms with Crippen molar-refractivity contribution in [1.29, 1.82) is 0 Å². The van der Waals surface area contributed by atoms with Crippen molar-refractivity contribution in [2.24, 2.45) is 0 Å². The Morgan fingerprint density at radius 3 is 2.59 bits per heavy atom. The molecule has 2 aromatic heterocycles. The first-order valence-electron chi connectivity index (χ1n) is 9.67. The van der Waals surface area contributed by atoms with Crippen LogP contribution in [0.25, 0.3) is 0 Å². The van der Waals surface area contributed by atoms with Crippen LogP contribution in [0.2, 0.25) is 5.02 Å². The quantitative estimate of drug-likeness (QED) is 0.621. The Balaban J connectivity index is 1.55. The second-order valence-electron chi connectivity index (χ2n) is 7.22. The summed E-state index contributed by atoms with van der Waals surface area (Å²) < 4.78 is 0. The predicted octanol–water partition coefficient (Wildman–Crippen LogP) is 4.36. The lowest BCUT2D eigenvalue weighted by Gasteiger charge is -2.36. The van der Waals surface area contributed by atoms with Gasteiger partial charge in [-0.15, -0.1) is 11.3 Å². The number of aromatic nitrogens is 2. The van der Waals surface area contributed by atoms with Gasteiger partial charge in [-0.2, -0.15) is 0 Å². The van der Waals surface area contributed by atoms with Gasteiger partial charge in [0.1, 0.15) is 11.6 Å². The summed E-state index contributed by atoms with van der Waals surface area (Å²) in [6, 6.07) is 11.7. The number of nitrogens with zero attached hydrogens (tertiary/aromatic N) is 4. The SMILES string of the molecule is Cc1nc(C)c(Cc2cccc(Cl)c2)c(N2CCN(C(=O)c3cccs3)CC2)n1. The number of aryl methyl sites for hydroxylation is 2. The number of halogens is 1. The molecule has 3 heterocycles. The standard InChI is InChI=1S/C22H23ClN4OS/c1-15-19(14-17-5-3-6-18(23)13-17)21(25-16(2)24-15)26-8-10-27(11-9-26)22(28)20-7-4-12-29-20/h3-7,12-13H,8-11,14H2,1-2H3. The second-order valence-corrected chi connectivity index (χ2v) is 8.61. The lowest BCUT2D eigenvalue weighted by atomic mass is 10.0. The van der Waals surface area contributed by atoms with Crippen LogP contribution in [0.3, 0.4) is 0 Å². The van der Waals surface area contributed by atoms with Crippen LogP contribution in [-0.2, 0) is 6.42 Å². The smallest absolute Gasteiger partial charge is 0.264 e. The van der Waals surface area contributed by atoms with Crippen LogP contribution in [0.4, 0.5) is 5.82 Å². The lowest BCUT2D eigenvalue weighted by molar-refractivity contribution is 0.0751. The minimum Gasteiger partial charge on any atom is -0.353 e. The first kappa shape index (κ1) is 19.9. The average Bonchev–Trinajstić information content (AvgIpc) is 3.24. The molecule has 0 radical (unpaired) electrons. The van der Waals surface area contributed by atoms with E-state index >= 15 is 0 Å². The van der Waals surface area contributed by atoms with Gasteiger partial charge in [0.25, 0.3) is 5.91 Å². The molecule has 4 rings (SSSR count). The summed E-state index contributed by atoms with van der Waals surface area (Å²) in [6.07, 6.45) is 0.732. The fourth-order valence-electron chi connectivity index (χ4n) is 3.71. The number of rotatable bonds is 4. The third kappa shape index (κ3) is 4.43. The highest BCUT2D eigenvalue weighted by molar-refractivity contribution is 7.12. The normalized spacial score (nSPS) is 14.3. The zero-order valence-corrected chi connectivity index (χ0v) is 18.1. The van der Waals surface area contributed by atoms with Crippen molar-refractivity contribution in [2.45, 2.75) is 20.3 Å².